The average Bonchev–Trinajstić information content (AvgIpc) is 3.33. The highest BCUT2D eigenvalue weighted by Gasteiger charge is 2.30. The monoisotopic (exact) mass is 586 g/mol. The molecule has 1 N–H and O–H groups in total. The fraction of sp³-hybridized carbons (Fsp3) is 0.371. The predicted molar refractivity (Wildman–Crippen MR) is 173 cm³/mol. The van der Waals surface area contributed by atoms with Crippen molar-refractivity contribution in [3.63, 3.8) is 0 Å². The predicted octanol–water partition coefficient (Wildman–Crippen LogP) is 6.97. The molecule has 0 unspecified atom stereocenters. The van der Waals surface area contributed by atoms with Crippen LogP contribution in [0.15, 0.2) is 67.0 Å². The number of hydrogen-bond acceptors (Lipinski definition) is 6. The Kier molecular flexibility index (Phi) is 6.34. The van der Waals surface area contributed by atoms with E-state index in [4.69, 9.17) is 24.8 Å². The lowest BCUT2D eigenvalue weighted by atomic mass is 9.91. The van der Waals surface area contributed by atoms with Crippen molar-refractivity contribution < 1.29 is 4.74 Å². The van der Waals surface area contributed by atoms with Crippen molar-refractivity contribution in [2.45, 2.75) is 63.8 Å². The van der Waals surface area contributed by atoms with Crippen LogP contribution in [0.4, 0.5) is 11.8 Å². The Balaban J connectivity index is 1.07. The molecule has 6 aromatic rings. The molecular weight excluding hydrogens is 548 g/mol. The molecule has 2 aliphatic rings. The van der Waals surface area contributed by atoms with Crippen molar-refractivity contribution in [1.82, 2.24) is 33.9 Å². The zero-order valence-electron chi connectivity index (χ0n) is 25.8. The number of nitrogens with one attached hydrogen (secondary N) is 1. The number of benzene rings is 1. The average molecular weight is 587 g/mol. The van der Waals surface area contributed by atoms with Crippen LogP contribution in [0.2, 0.25) is 0 Å². The van der Waals surface area contributed by atoms with Crippen molar-refractivity contribution >= 4 is 34.0 Å². The SMILES string of the molecule is Cn1c(Nc2cc(C(C)(C)C)n([C@@H]3CCOC3)n2)nc2ncc(Cc3cnc4c(c3)cc(C3CC3)n4-c3ccccc3)cc21. The number of pyridine rings is 2. The Morgan fingerprint density at radius 3 is 2.50 bits per heavy atom. The topological polar surface area (TPSA) is 87.6 Å². The fourth-order valence-electron chi connectivity index (χ4n) is 6.46. The van der Waals surface area contributed by atoms with Gasteiger partial charge in [0.25, 0.3) is 0 Å². The lowest BCUT2D eigenvalue weighted by molar-refractivity contribution is 0.183. The zero-order chi connectivity index (χ0) is 30.0. The van der Waals surface area contributed by atoms with Gasteiger partial charge in [0.2, 0.25) is 5.95 Å². The van der Waals surface area contributed by atoms with Crippen molar-refractivity contribution in [3.05, 3.63) is 89.5 Å². The minimum absolute atomic E-state index is 0.0418. The maximum atomic E-state index is 5.67. The summed E-state index contributed by atoms with van der Waals surface area (Å²) in [5.41, 5.74) is 8.69. The highest BCUT2D eigenvalue weighted by molar-refractivity contribution is 5.81. The molecule has 1 aromatic carbocycles. The van der Waals surface area contributed by atoms with E-state index in [0.29, 0.717) is 18.2 Å². The van der Waals surface area contributed by atoms with Gasteiger partial charge in [-0.25, -0.2) is 9.97 Å². The summed E-state index contributed by atoms with van der Waals surface area (Å²) in [5.74, 6) is 2.13. The van der Waals surface area contributed by atoms with E-state index in [1.807, 2.05) is 19.4 Å². The standard InChI is InChI=1S/C35H38N8O/c1-35(2,3)30-18-31(40-43(30)27-12-13-44-21-27)38-34-39-32-29(41(34)4)16-23(19-36-32)14-22-15-25-17-28(24-10-11-24)42(33(25)37-20-22)26-8-6-5-7-9-26/h5-9,15-20,24,27H,10-14,21H2,1-4H3,(H,36,38,39,40)/t27-/m1/s1. The Morgan fingerprint density at radius 2 is 1.75 bits per heavy atom. The number of fused-ring (bicyclic) bond motifs is 2. The van der Waals surface area contributed by atoms with E-state index < -0.39 is 0 Å². The highest BCUT2D eigenvalue weighted by atomic mass is 16.5. The summed E-state index contributed by atoms with van der Waals surface area (Å²) in [7, 11) is 2.02. The van der Waals surface area contributed by atoms with Crippen LogP contribution in [-0.4, -0.2) is 47.1 Å². The van der Waals surface area contributed by atoms with Crippen LogP contribution in [0.5, 0.6) is 0 Å². The van der Waals surface area contributed by atoms with Crippen molar-refractivity contribution in [1.29, 1.82) is 0 Å². The Morgan fingerprint density at radius 1 is 0.955 bits per heavy atom. The van der Waals surface area contributed by atoms with Gasteiger partial charge in [0.05, 0.1) is 18.2 Å². The minimum Gasteiger partial charge on any atom is -0.379 e. The van der Waals surface area contributed by atoms with E-state index in [-0.39, 0.29) is 11.5 Å². The molecule has 0 radical (unpaired) electrons. The van der Waals surface area contributed by atoms with E-state index in [1.165, 1.54) is 40.9 Å². The van der Waals surface area contributed by atoms with E-state index in [2.05, 4.69) is 94.5 Å². The fourth-order valence-corrected chi connectivity index (χ4v) is 6.46. The molecule has 1 atom stereocenters. The number of aromatic nitrogens is 7. The molecule has 2 fully saturated rings. The lowest BCUT2D eigenvalue weighted by Crippen LogP contribution is -2.22. The molecule has 1 saturated heterocycles. The molecule has 1 aliphatic carbocycles. The van der Waals surface area contributed by atoms with E-state index in [1.54, 1.807) is 0 Å². The van der Waals surface area contributed by atoms with E-state index in [0.717, 1.165) is 47.9 Å². The lowest BCUT2D eigenvalue weighted by Gasteiger charge is -2.22. The third-order valence-electron chi connectivity index (χ3n) is 8.93. The summed E-state index contributed by atoms with van der Waals surface area (Å²) < 4.78 is 12.2. The van der Waals surface area contributed by atoms with Gasteiger partial charge in [-0.2, -0.15) is 10.1 Å². The number of rotatable bonds is 7. The first-order valence-corrected chi connectivity index (χ1v) is 15.6. The maximum Gasteiger partial charge on any atom is 0.210 e. The molecule has 0 bridgehead atoms. The first kappa shape index (κ1) is 27.1. The number of ether oxygens (including phenoxy) is 1. The Hall–Kier alpha value is -4.50. The molecule has 5 aromatic heterocycles. The smallest absolute Gasteiger partial charge is 0.210 e. The quantitative estimate of drug-likeness (QED) is 0.217. The van der Waals surface area contributed by atoms with Crippen LogP contribution in [0.1, 0.15) is 74.5 Å². The third-order valence-corrected chi connectivity index (χ3v) is 8.93. The van der Waals surface area contributed by atoms with Crippen molar-refractivity contribution in [2.75, 3.05) is 18.5 Å². The summed E-state index contributed by atoms with van der Waals surface area (Å²) in [4.78, 5) is 14.5. The summed E-state index contributed by atoms with van der Waals surface area (Å²) in [6.45, 7) is 8.14. The number of anilines is 2. The molecule has 1 saturated carbocycles. The molecular formula is C35H38N8O. The van der Waals surface area contributed by atoms with Gasteiger partial charge in [0, 0.05) is 66.4 Å². The summed E-state index contributed by atoms with van der Waals surface area (Å²) in [5, 5.41) is 9.61. The molecule has 9 nitrogen and oxygen atoms in total. The molecule has 6 heterocycles. The summed E-state index contributed by atoms with van der Waals surface area (Å²) in [6.07, 6.45) is 8.17. The van der Waals surface area contributed by atoms with Crippen molar-refractivity contribution in [3.8, 4) is 5.69 Å². The molecule has 9 heteroatoms. The number of hydrogen-bond donors (Lipinski definition) is 1. The second-order valence-corrected chi connectivity index (χ2v) is 13.4. The summed E-state index contributed by atoms with van der Waals surface area (Å²) >= 11 is 0. The van der Waals surface area contributed by atoms with Gasteiger partial charge in [-0.05, 0) is 66.6 Å². The number of aryl methyl sites for hydroxylation is 1. The van der Waals surface area contributed by atoms with Crippen LogP contribution in [-0.2, 0) is 23.6 Å². The van der Waals surface area contributed by atoms with Crippen LogP contribution < -0.4 is 5.32 Å². The van der Waals surface area contributed by atoms with Gasteiger partial charge in [-0.3, -0.25) is 9.25 Å². The highest BCUT2D eigenvalue weighted by Crippen LogP contribution is 2.43. The molecule has 1 aliphatic heterocycles. The van der Waals surface area contributed by atoms with Gasteiger partial charge < -0.3 is 14.6 Å². The summed E-state index contributed by atoms with van der Waals surface area (Å²) in [6, 6.07) is 19.8. The normalized spacial score (nSPS) is 17.2. The van der Waals surface area contributed by atoms with Gasteiger partial charge in [0.1, 0.15) is 5.65 Å². The zero-order valence-corrected chi connectivity index (χ0v) is 25.8. The third kappa shape index (κ3) is 4.85. The largest absolute Gasteiger partial charge is 0.379 e. The second-order valence-electron chi connectivity index (χ2n) is 13.4. The minimum atomic E-state index is -0.0418. The van der Waals surface area contributed by atoms with E-state index >= 15 is 0 Å². The van der Waals surface area contributed by atoms with Crippen molar-refractivity contribution in [2.24, 2.45) is 7.05 Å². The number of para-hydroxylation sites is 1. The van der Waals surface area contributed by atoms with Crippen LogP contribution in [0.3, 0.4) is 0 Å². The first-order valence-electron chi connectivity index (χ1n) is 15.6. The van der Waals surface area contributed by atoms with E-state index in [9.17, 15) is 0 Å². The second kappa shape index (κ2) is 10.3. The number of imidazole rings is 1. The van der Waals surface area contributed by atoms with Gasteiger partial charge in [-0.15, -0.1) is 0 Å². The van der Waals surface area contributed by atoms with Crippen LogP contribution in [0, 0.1) is 0 Å². The molecule has 224 valence electrons. The molecule has 8 rings (SSSR count). The van der Waals surface area contributed by atoms with Gasteiger partial charge in [-0.1, -0.05) is 39.0 Å². The van der Waals surface area contributed by atoms with Gasteiger partial charge >= 0.3 is 0 Å². The van der Waals surface area contributed by atoms with Crippen LogP contribution >= 0.6 is 0 Å². The molecule has 44 heavy (non-hydrogen) atoms. The molecule has 0 amide bonds. The maximum absolute atomic E-state index is 5.67. The van der Waals surface area contributed by atoms with Gasteiger partial charge in [0.15, 0.2) is 11.5 Å². The number of nitrogens with zero attached hydrogens (tertiary/aromatic N) is 7. The Labute approximate surface area is 256 Å². The molecule has 0 spiro atoms. The Bertz CT molecular complexity index is 1980. The van der Waals surface area contributed by atoms with Crippen LogP contribution in [0.25, 0.3) is 27.9 Å². The first-order chi connectivity index (χ1) is 21.3.